The predicted octanol–water partition coefficient (Wildman–Crippen LogP) is 2.71. The van der Waals surface area contributed by atoms with Gasteiger partial charge in [-0.3, -0.25) is 4.79 Å². The summed E-state index contributed by atoms with van der Waals surface area (Å²) >= 11 is 0. The van der Waals surface area contributed by atoms with Crippen LogP contribution >= 0.6 is 0 Å². The van der Waals surface area contributed by atoms with Gasteiger partial charge in [0.2, 0.25) is 0 Å². The molecule has 0 aliphatic carbocycles. The summed E-state index contributed by atoms with van der Waals surface area (Å²) in [6, 6.07) is 9.68. The summed E-state index contributed by atoms with van der Waals surface area (Å²) in [5.74, 6) is 0.147. The zero-order valence-electron chi connectivity index (χ0n) is 8.50. The second kappa shape index (κ2) is 7.35. The smallest absolute Gasteiger partial charge is 0.148 e. The van der Waals surface area contributed by atoms with E-state index >= 15 is 0 Å². The van der Waals surface area contributed by atoms with Crippen LogP contribution < -0.4 is 5.32 Å². The van der Waals surface area contributed by atoms with Gasteiger partial charge in [0.15, 0.2) is 0 Å². The van der Waals surface area contributed by atoms with E-state index in [1.165, 1.54) is 0 Å². The highest BCUT2D eigenvalue weighted by Crippen LogP contribution is 2.03. The Kier molecular flexibility index (Phi) is 6.60. The highest BCUT2D eigenvalue weighted by molar-refractivity contribution is 5.80. The Morgan fingerprint density at radius 2 is 1.77 bits per heavy atom. The second-order valence-electron chi connectivity index (χ2n) is 2.42. The zero-order chi connectivity index (χ0) is 10.1. The van der Waals surface area contributed by atoms with Crippen molar-refractivity contribution < 1.29 is 4.79 Å². The van der Waals surface area contributed by atoms with Gasteiger partial charge in [-0.1, -0.05) is 32.0 Å². The number of ketones is 1. The lowest BCUT2D eigenvalue weighted by Gasteiger charge is -2.01. The van der Waals surface area contributed by atoms with Crippen LogP contribution in [0.25, 0.3) is 0 Å². The number of hydrogen-bond acceptors (Lipinski definition) is 2. The van der Waals surface area contributed by atoms with Crippen LogP contribution in [0.2, 0.25) is 0 Å². The van der Waals surface area contributed by atoms with Crippen LogP contribution in [0.4, 0.5) is 5.69 Å². The van der Waals surface area contributed by atoms with Crippen molar-refractivity contribution in [2.45, 2.75) is 20.8 Å². The summed E-state index contributed by atoms with van der Waals surface area (Å²) in [6.45, 7) is 5.97. The highest BCUT2D eigenvalue weighted by atomic mass is 16.1. The molecule has 0 saturated carbocycles. The number of carbonyl (C=O) groups is 1. The van der Waals surface area contributed by atoms with Crippen molar-refractivity contribution >= 4 is 11.5 Å². The van der Waals surface area contributed by atoms with Crippen molar-refractivity contribution in [3.05, 3.63) is 30.3 Å². The molecule has 0 unspecified atom stereocenters. The van der Waals surface area contributed by atoms with Crippen molar-refractivity contribution in [3.63, 3.8) is 0 Å². The molecule has 13 heavy (non-hydrogen) atoms. The Bertz CT molecular complexity index is 231. The lowest BCUT2D eigenvalue weighted by molar-refractivity contribution is -0.115. The van der Waals surface area contributed by atoms with E-state index in [1.807, 2.05) is 44.2 Å². The molecule has 0 spiro atoms. The lowest BCUT2D eigenvalue weighted by Crippen LogP contribution is -2.09. The molecule has 0 aromatic heterocycles. The summed E-state index contributed by atoms with van der Waals surface area (Å²) in [6.07, 6.45) is 0. The van der Waals surface area contributed by atoms with Crippen LogP contribution in [0, 0.1) is 0 Å². The minimum Gasteiger partial charge on any atom is -0.378 e. The Balaban J connectivity index is 0.000000671. The van der Waals surface area contributed by atoms with Gasteiger partial charge >= 0.3 is 0 Å². The van der Waals surface area contributed by atoms with Gasteiger partial charge in [0.1, 0.15) is 5.78 Å². The average molecular weight is 179 g/mol. The summed E-state index contributed by atoms with van der Waals surface area (Å²) in [5.41, 5.74) is 0.989. The molecule has 0 aliphatic heterocycles. The third kappa shape index (κ3) is 5.91. The third-order valence-corrected chi connectivity index (χ3v) is 1.32. The molecular weight excluding hydrogens is 162 g/mol. The molecule has 0 heterocycles. The van der Waals surface area contributed by atoms with E-state index in [2.05, 4.69) is 5.32 Å². The van der Waals surface area contributed by atoms with Gasteiger partial charge in [0, 0.05) is 5.69 Å². The zero-order valence-corrected chi connectivity index (χ0v) is 8.50. The Morgan fingerprint density at radius 1 is 1.23 bits per heavy atom. The SMILES string of the molecule is CC.CC(=O)CNc1ccccc1. The molecule has 2 nitrogen and oxygen atoms in total. The summed E-state index contributed by atoms with van der Waals surface area (Å²) in [5, 5.41) is 2.99. The van der Waals surface area contributed by atoms with E-state index in [1.54, 1.807) is 6.92 Å². The maximum atomic E-state index is 10.6. The lowest BCUT2D eigenvalue weighted by atomic mass is 10.3. The first-order chi connectivity index (χ1) is 6.29. The maximum absolute atomic E-state index is 10.6. The predicted molar refractivity (Wildman–Crippen MR) is 57.0 cm³/mol. The average Bonchev–Trinajstić information content (AvgIpc) is 2.19. The van der Waals surface area contributed by atoms with E-state index in [4.69, 9.17) is 0 Å². The minimum atomic E-state index is 0.147. The molecule has 1 rings (SSSR count). The van der Waals surface area contributed by atoms with Crippen molar-refractivity contribution in [3.8, 4) is 0 Å². The third-order valence-electron chi connectivity index (χ3n) is 1.32. The normalized spacial score (nSPS) is 8.23. The standard InChI is InChI=1S/C9H11NO.C2H6/c1-8(11)7-10-9-5-3-2-4-6-9;1-2/h2-6,10H,7H2,1H3;1-2H3. The molecule has 0 fully saturated rings. The molecule has 72 valence electrons. The number of para-hydroxylation sites is 1. The molecule has 0 radical (unpaired) electrons. The first-order valence-electron chi connectivity index (χ1n) is 4.57. The fraction of sp³-hybridized carbons (Fsp3) is 0.364. The van der Waals surface area contributed by atoms with Crippen LogP contribution in [-0.4, -0.2) is 12.3 Å². The molecular formula is C11H17NO. The van der Waals surface area contributed by atoms with Crippen LogP contribution in [0.3, 0.4) is 0 Å². The first kappa shape index (κ1) is 11.7. The van der Waals surface area contributed by atoms with E-state index in [0.717, 1.165) is 5.69 Å². The van der Waals surface area contributed by atoms with E-state index in [0.29, 0.717) is 6.54 Å². The van der Waals surface area contributed by atoms with Gasteiger partial charge in [-0.15, -0.1) is 0 Å². The van der Waals surface area contributed by atoms with Crippen LogP contribution in [0.1, 0.15) is 20.8 Å². The Morgan fingerprint density at radius 3 is 2.23 bits per heavy atom. The fourth-order valence-electron chi connectivity index (χ4n) is 0.783. The van der Waals surface area contributed by atoms with Crippen LogP contribution in [0.15, 0.2) is 30.3 Å². The highest BCUT2D eigenvalue weighted by Gasteiger charge is 1.91. The Labute approximate surface area is 80.0 Å². The summed E-state index contributed by atoms with van der Waals surface area (Å²) in [7, 11) is 0. The van der Waals surface area contributed by atoms with Crippen molar-refractivity contribution in [1.29, 1.82) is 0 Å². The van der Waals surface area contributed by atoms with Gasteiger partial charge in [-0.25, -0.2) is 0 Å². The molecule has 1 aromatic carbocycles. The van der Waals surface area contributed by atoms with Crippen molar-refractivity contribution in [2.75, 3.05) is 11.9 Å². The minimum absolute atomic E-state index is 0.147. The molecule has 0 atom stereocenters. The van der Waals surface area contributed by atoms with E-state index < -0.39 is 0 Å². The largest absolute Gasteiger partial charge is 0.378 e. The molecule has 0 bridgehead atoms. The van der Waals surface area contributed by atoms with Gasteiger partial charge in [0.25, 0.3) is 0 Å². The molecule has 1 aromatic rings. The number of benzene rings is 1. The number of rotatable bonds is 3. The summed E-state index contributed by atoms with van der Waals surface area (Å²) in [4.78, 5) is 10.6. The van der Waals surface area contributed by atoms with Crippen LogP contribution in [-0.2, 0) is 4.79 Å². The quantitative estimate of drug-likeness (QED) is 0.773. The van der Waals surface area contributed by atoms with Gasteiger partial charge in [-0.05, 0) is 19.1 Å². The first-order valence-corrected chi connectivity index (χ1v) is 4.57. The van der Waals surface area contributed by atoms with Gasteiger partial charge < -0.3 is 5.32 Å². The van der Waals surface area contributed by atoms with Crippen molar-refractivity contribution in [1.82, 2.24) is 0 Å². The van der Waals surface area contributed by atoms with E-state index in [-0.39, 0.29) is 5.78 Å². The molecule has 0 saturated heterocycles. The summed E-state index contributed by atoms with van der Waals surface area (Å²) < 4.78 is 0. The second-order valence-corrected chi connectivity index (χ2v) is 2.42. The van der Waals surface area contributed by atoms with Gasteiger partial charge in [0.05, 0.1) is 6.54 Å². The van der Waals surface area contributed by atoms with Crippen LogP contribution in [0.5, 0.6) is 0 Å². The van der Waals surface area contributed by atoms with Crippen molar-refractivity contribution in [2.24, 2.45) is 0 Å². The van der Waals surface area contributed by atoms with Gasteiger partial charge in [-0.2, -0.15) is 0 Å². The number of anilines is 1. The number of carbonyl (C=O) groups excluding carboxylic acids is 1. The molecule has 0 aliphatic rings. The Hall–Kier alpha value is -1.31. The number of hydrogen-bond donors (Lipinski definition) is 1. The maximum Gasteiger partial charge on any atom is 0.148 e. The monoisotopic (exact) mass is 179 g/mol. The molecule has 2 heteroatoms. The van der Waals surface area contributed by atoms with E-state index in [9.17, 15) is 4.79 Å². The molecule has 0 amide bonds. The number of nitrogens with one attached hydrogen (secondary N) is 1. The topological polar surface area (TPSA) is 29.1 Å². The number of Topliss-reactive ketones (excluding diaryl/α,β-unsaturated/α-hetero) is 1. The molecule has 1 N–H and O–H groups in total. The fourth-order valence-corrected chi connectivity index (χ4v) is 0.783.